The molecule has 0 saturated carbocycles. The lowest BCUT2D eigenvalue weighted by Gasteiger charge is -2.08. The van der Waals surface area contributed by atoms with E-state index in [1.807, 2.05) is 30.3 Å². The average Bonchev–Trinajstić information content (AvgIpc) is 2.60. The lowest BCUT2D eigenvalue weighted by molar-refractivity contribution is 0.102. The maximum absolute atomic E-state index is 12.2. The van der Waals surface area contributed by atoms with Crippen molar-refractivity contribution in [2.24, 2.45) is 0 Å². The minimum Gasteiger partial charge on any atom is -0.324 e. The molecule has 3 rings (SSSR count). The maximum Gasteiger partial charge on any atom is 0.258 e. The number of hydrogen-bond acceptors (Lipinski definition) is 4. The zero-order valence-corrected chi connectivity index (χ0v) is 13.8. The van der Waals surface area contributed by atoms with E-state index >= 15 is 0 Å². The second-order valence-corrected chi connectivity index (χ2v) is 5.63. The van der Waals surface area contributed by atoms with Crippen LogP contribution in [0.4, 0.5) is 17.3 Å². The first-order chi connectivity index (χ1) is 11.6. The third kappa shape index (κ3) is 3.82. The standard InChI is InChI=1S/C17H12Cl2N4O/c18-13-7-4-8-14(15(13)19)23-16(24)11-9-20-17(21-10-11)22-12-5-2-1-3-6-12/h1-10H,(H,23,24)(H,20,21,22). The minimum absolute atomic E-state index is 0.288. The Bertz CT molecular complexity index is 854. The van der Waals surface area contributed by atoms with Crippen LogP contribution in [0.1, 0.15) is 10.4 Å². The number of halogens is 2. The second kappa shape index (κ2) is 7.29. The van der Waals surface area contributed by atoms with E-state index in [4.69, 9.17) is 23.2 Å². The predicted octanol–water partition coefficient (Wildman–Crippen LogP) is 4.78. The Labute approximate surface area is 148 Å². The lowest BCUT2D eigenvalue weighted by Crippen LogP contribution is -2.13. The van der Waals surface area contributed by atoms with Crippen LogP contribution in [0, 0.1) is 0 Å². The topological polar surface area (TPSA) is 66.9 Å². The van der Waals surface area contributed by atoms with Crippen LogP contribution in [0.2, 0.25) is 10.0 Å². The van der Waals surface area contributed by atoms with Crippen molar-refractivity contribution < 1.29 is 4.79 Å². The van der Waals surface area contributed by atoms with Gasteiger partial charge in [0.25, 0.3) is 5.91 Å². The first-order valence-corrected chi connectivity index (χ1v) is 7.78. The molecule has 5 nitrogen and oxygen atoms in total. The van der Waals surface area contributed by atoms with Crippen molar-refractivity contribution >= 4 is 46.4 Å². The van der Waals surface area contributed by atoms with Crippen molar-refractivity contribution in [3.8, 4) is 0 Å². The molecular weight excluding hydrogens is 347 g/mol. The summed E-state index contributed by atoms with van der Waals surface area (Å²) in [5, 5.41) is 6.38. The van der Waals surface area contributed by atoms with E-state index in [2.05, 4.69) is 20.6 Å². The number of nitrogens with zero attached hydrogens (tertiary/aromatic N) is 2. The third-order valence-corrected chi connectivity index (χ3v) is 3.96. The van der Waals surface area contributed by atoms with Gasteiger partial charge in [0, 0.05) is 18.1 Å². The van der Waals surface area contributed by atoms with E-state index in [0.29, 0.717) is 22.2 Å². The Kier molecular flexibility index (Phi) is 4.93. The fourth-order valence-corrected chi connectivity index (χ4v) is 2.30. The van der Waals surface area contributed by atoms with Gasteiger partial charge in [0.1, 0.15) is 0 Å². The molecule has 0 fully saturated rings. The van der Waals surface area contributed by atoms with Gasteiger partial charge in [-0.2, -0.15) is 0 Å². The molecule has 0 aliphatic rings. The number of anilines is 3. The molecule has 0 unspecified atom stereocenters. The molecule has 0 bridgehead atoms. The summed E-state index contributed by atoms with van der Waals surface area (Å²) in [6, 6.07) is 14.5. The molecule has 0 aliphatic heterocycles. The normalized spacial score (nSPS) is 10.2. The Balaban J connectivity index is 1.71. The SMILES string of the molecule is O=C(Nc1cccc(Cl)c1Cl)c1cnc(Nc2ccccc2)nc1. The van der Waals surface area contributed by atoms with Gasteiger partial charge >= 0.3 is 0 Å². The van der Waals surface area contributed by atoms with Crippen LogP contribution in [0.25, 0.3) is 0 Å². The Morgan fingerprint density at radius 2 is 1.62 bits per heavy atom. The van der Waals surface area contributed by atoms with E-state index in [9.17, 15) is 4.79 Å². The van der Waals surface area contributed by atoms with Gasteiger partial charge in [-0.1, -0.05) is 47.5 Å². The number of hydrogen-bond donors (Lipinski definition) is 2. The molecule has 120 valence electrons. The molecule has 3 aromatic rings. The third-order valence-electron chi connectivity index (χ3n) is 3.14. The van der Waals surface area contributed by atoms with E-state index in [1.54, 1.807) is 18.2 Å². The molecule has 1 amide bonds. The molecule has 2 aromatic carbocycles. The highest BCUT2D eigenvalue weighted by Crippen LogP contribution is 2.29. The number of para-hydroxylation sites is 1. The second-order valence-electron chi connectivity index (χ2n) is 4.84. The van der Waals surface area contributed by atoms with Crippen molar-refractivity contribution in [2.45, 2.75) is 0 Å². The lowest BCUT2D eigenvalue weighted by atomic mass is 10.2. The van der Waals surface area contributed by atoms with Crippen LogP contribution in [0.3, 0.4) is 0 Å². The van der Waals surface area contributed by atoms with E-state index in [1.165, 1.54) is 12.4 Å². The number of aromatic nitrogens is 2. The summed E-state index contributed by atoms with van der Waals surface area (Å²) in [4.78, 5) is 20.5. The highest BCUT2D eigenvalue weighted by molar-refractivity contribution is 6.44. The summed E-state index contributed by atoms with van der Waals surface area (Å²) in [5.41, 5.74) is 1.60. The van der Waals surface area contributed by atoms with Gasteiger partial charge in [0.15, 0.2) is 0 Å². The number of amides is 1. The van der Waals surface area contributed by atoms with Crippen molar-refractivity contribution in [1.82, 2.24) is 9.97 Å². The average molecular weight is 359 g/mol. The number of benzene rings is 2. The number of carbonyl (C=O) groups is 1. The molecule has 2 N–H and O–H groups in total. The minimum atomic E-state index is -0.370. The quantitative estimate of drug-likeness (QED) is 0.704. The summed E-state index contributed by atoms with van der Waals surface area (Å²) in [6.45, 7) is 0. The summed E-state index contributed by atoms with van der Waals surface area (Å²) in [6.07, 6.45) is 2.87. The summed E-state index contributed by atoms with van der Waals surface area (Å²) >= 11 is 12.0. The van der Waals surface area contributed by atoms with Gasteiger partial charge < -0.3 is 10.6 Å². The monoisotopic (exact) mass is 358 g/mol. The molecule has 0 aliphatic carbocycles. The van der Waals surface area contributed by atoms with E-state index in [-0.39, 0.29) is 10.9 Å². The van der Waals surface area contributed by atoms with Gasteiger partial charge in [0.05, 0.1) is 21.3 Å². The van der Waals surface area contributed by atoms with Gasteiger partial charge in [-0.25, -0.2) is 9.97 Å². The van der Waals surface area contributed by atoms with Crippen molar-refractivity contribution in [3.05, 3.63) is 76.5 Å². The molecule has 0 saturated heterocycles. The fraction of sp³-hybridized carbons (Fsp3) is 0. The van der Waals surface area contributed by atoms with Crippen LogP contribution in [-0.2, 0) is 0 Å². The van der Waals surface area contributed by atoms with Crippen LogP contribution >= 0.6 is 23.2 Å². The number of nitrogens with one attached hydrogen (secondary N) is 2. The Morgan fingerprint density at radius 1 is 0.917 bits per heavy atom. The van der Waals surface area contributed by atoms with Crippen LogP contribution in [0.15, 0.2) is 60.9 Å². The summed E-state index contributed by atoms with van der Waals surface area (Å²) in [5.74, 6) is 0.0314. The summed E-state index contributed by atoms with van der Waals surface area (Å²) < 4.78 is 0. The molecule has 0 atom stereocenters. The molecule has 0 radical (unpaired) electrons. The van der Waals surface area contributed by atoms with Crippen molar-refractivity contribution in [1.29, 1.82) is 0 Å². The molecule has 24 heavy (non-hydrogen) atoms. The number of rotatable bonds is 4. The smallest absolute Gasteiger partial charge is 0.258 e. The fourth-order valence-electron chi connectivity index (χ4n) is 1.96. The predicted molar refractivity (Wildman–Crippen MR) is 96.2 cm³/mol. The van der Waals surface area contributed by atoms with E-state index in [0.717, 1.165) is 5.69 Å². The van der Waals surface area contributed by atoms with Gasteiger partial charge in [-0.15, -0.1) is 0 Å². The van der Waals surface area contributed by atoms with Crippen LogP contribution < -0.4 is 10.6 Å². The highest BCUT2D eigenvalue weighted by Gasteiger charge is 2.11. The first kappa shape index (κ1) is 16.2. The zero-order chi connectivity index (χ0) is 16.9. The summed E-state index contributed by atoms with van der Waals surface area (Å²) in [7, 11) is 0. The van der Waals surface area contributed by atoms with Gasteiger partial charge in [-0.3, -0.25) is 4.79 Å². The highest BCUT2D eigenvalue weighted by atomic mass is 35.5. The van der Waals surface area contributed by atoms with Crippen molar-refractivity contribution in [3.63, 3.8) is 0 Å². The van der Waals surface area contributed by atoms with Crippen LogP contribution in [0.5, 0.6) is 0 Å². The Hall–Kier alpha value is -2.63. The van der Waals surface area contributed by atoms with E-state index < -0.39 is 0 Å². The Morgan fingerprint density at radius 3 is 2.33 bits per heavy atom. The molecule has 1 heterocycles. The molecule has 0 spiro atoms. The molecule has 1 aromatic heterocycles. The number of carbonyl (C=O) groups excluding carboxylic acids is 1. The molecular formula is C17H12Cl2N4O. The maximum atomic E-state index is 12.2. The van der Waals surface area contributed by atoms with Gasteiger partial charge in [-0.05, 0) is 24.3 Å². The van der Waals surface area contributed by atoms with Crippen LogP contribution in [-0.4, -0.2) is 15.9 Å². The molecule has 7 heteroatoms. The van der Waals surface area contributed by atoms with Gasteiger partial charge in [0.2, 0.25) is 5.95 Å². The van der Waals surface area contributed by atoms with Crippen molar-refractivity contribution in [2.75, 3.05) is 10.6 Å². The largest absolute Gasteiger partial charge is 0.324 e. The zero-order valence-electron chi connectivity index (χ0n) is 12.3. The first-order valence-electron chi connectivity index (χ1n) is 7.03.